The number of hydrogen-bond donors (Lipinski definition) is 3. The summed E-state index contributed by atoms with van der Waals surface area (Å²) in [5.74, 6) is -1.02. The van der Waals surface area contributed by atoms with Crippen molar-refractivity contribution in [2.24, 2.45) is 0 Å². The first-order valence-corrected chi connectivity index (χ1v) is 13.5. The molecule has 0 spiro atoms. The van der Waals surface area contributed by atoms with Gasteiger partial charge in [0.2, 0.25) is 9.84 Å². The van der Waals surface area contributed by atoms with E-state index in [1.807, 2.05) is 6.07 Å². The molecular weight excluding hydrogens is 510 g/mol. The summed E-state index contributed by atoms with van der Waals surface area (Å²) in [4.78, 5) is 11.4. The van der Waals surface area contributed by atoms with Gasteiger partial charge in [0.25, 0.3) is 0 Å². The molecule has 0 fully saturated rings. The SMILES string of the molecule is O=C(O)c1ccc(-c2cccc(S(=O)(=O)c3ccc(CCNC[C@H](O)c4cccc(Cl)c4)cc3)c2)cc1. The Morgan fingerprint density at radius 1 is 0.838 bits per heavy atom. The molecule has 6 nitrogen and oxygen atoms in total. The number of halogens is 1. The first kappa shape index (κ1) is 26.6. The average Bonchev–Trinajstić information content (AvgIpc) is 2.91. The minimum Gasteiger partial charge on any atom is -0.478 e. The number of aromatic carboxylic acids is 1. The van der Waals surface area contributed by atoms with E-state index in [-0.39, 0.29) is 15.4 Å². The number of sulfone groups is 1. The van der Waals surface area contributed by atoms with Crippen LogP contribution in [0.3, 0.4) is 0 Å². The van der Waals surface area contributed by atoms with Gasteiger partial charge in [0.15, 0.2) is 0 Å². The molecule has 8 heteroatoms. The van der Waals surface area contributed by atoms with E-state index in [1.54, 1.807) is 78.9 Å². The third kappa shape index (κ3) is 6.64. The Labute approximate surface area is 221 Å². The van der Waals surface area contributed by atoms with Crippen LogP contribution in [0.1, 0.15) is 27.6 Å². The summed E-state index contributed by atoms with van der Waals surface area (Å²) in [5, 5.41) is 23.2. The molecule has 1 atom stereocenters. The van der Waals surface area contributed by atoms with E-state index in [9.17, 15) is 18.3 Å². The molecule has 0 aliphatic heterocycles. The predicted molar refractivity (Wildman–Crippen MR) is 144 cm³/mol. The van der Waals surface area contributed by atoms with Crippen LogP contribution in [-0.2, 0) is 16.3 Å². The van der Waals surface area contributed by atoms with Crippen LogP contribution in [-0.4, -0.2) is 37.7 Å². The van der Waals surface area contributed by atoms with Crippen molar-refractivity contribution in [3.05, 3.63) is 119 Å². The van der Waals surface area contributed by atoms with Gasteiger partial charge in [-0.15, -0.1) is 0 Å². The standard InChI is InChI=1S/C29H26ClNO5S/c30-25-5-1-4-24(17-25)28(32)19-31-16-15-20-7-13-26(14-8-20)37(35,36)27-6-2-3-23(18-27)21-9-11-22(12-10-21)29(33)34/h1-14,17-18,28,31-32H,15-16,19H2,(H,33,34)/t28-/m0/s1. The lowest BCUT2D eigenvalue weighted by Gasteiger charge is -2.13. The van der Waals surface area contributed by atoms with E-state index >= 15 is 0 Å². The quantitative estimate of drug-likeness (QED) is 0.235. The topological polar surface area (TPSA) is 104 Å². The summed E-state index contributed by atoms with van der Waals surface area (Å²) in [6, 6.07) is 26.8. The molecule has 37 heavy (non-hydrogen) atoms. The molecule has 190 valence electrons. The normalized spacial score (nSPS) is 12.3. The fourth-order valence-electron chi connectivity index (χ4n) is 3.92. The lowest BCUT2D eigenvalue weighted by atomic mass is 10.0. The summed E-state index contributed by atoms with van der Waals surface area (Å²) in [5.41, 5.74) is 3.29. The van der Waals surface area contributed by atoms with Gasteiger partial charge in [0, 0.05) is 11.6 Å². The van der Waals surface area contributed by atoms with E-state index in [2.05, 4.69) is 5.32 Å². The van der Waals surface area contributed by atoms with Crippen LogP contribution in [0.2, 0.25) is 5.02 Å². The van der Waals surface area contributed by atoms with Crippen molar-refractivity contribution >= 4 is 27.4 Å². The molecule has 0 saturated carbocycles. The Kier molecular flexibility index (Phi) is 8.41. The van der Waals surface area contributed by atoms with E-state index in [0.29, 0.717) is 30.1 Å². The largest absolute Gasteiger partial charge is 0.478 e. The number of rotatable bonds is 10. The number of aliphatic hydroxyl groups excluding tert-OH is 1. The molecule has 3 N–H and O–H groups in total. The summed E-state index contributed by atoms with van der Waals surface area (Å²) in [6.07, 6.45) is 0.00169. The van der Waals surface area contributed by atoms with Crippen molar-refractivity contribution in [2.75, 3.05) is 13.1 Å². The molecule has 0 aliphatic carbocycles. The molecule has 0 bridgehead atoms. The van der Waals surface area contributed by atoms with Crippen LogP contribution in [0.4, 0.5) is 0 Å². The summed E-state index contributed by atoms with van der Waals surface area (Å²) in [7, 11) is -3.73. The minimum atomic E-state index is -3.73. The fraction of sp³-hybridized carbons (Fsp3) is 0.138. The van der Waals surface area contributed by atoms with E-state index in [4.69, 9.17) is 16.7 Å². The Balaban J connectivity index is 1.38. The first-order chi connectivity index (χ1) is 17.7. The lowest BCUT2D eigenvalue weighted by Crippen LogP contribution is -2.23. The number of carboxylic acids is 1. The van der Waals surface area contributed by atoms with E-state index in [0.717, 1.165) is 16.7 Å². The zero-order chi connectivity index (χ0) is 26.4. The molecule has 0 aromatic heterocycles. The highest BCUT2D eigenvalue weighted by atomic mass is 35.5. The predicted octanol–water partition coefficient (Wildman–Crippen LogP) is 5.40. The highest BCUT2D eigenvalue weighted by Gasteiger charge is 2.18. The summed E-state index contributed by atoms with van der Waals surface area (Å²) >= 11 is 5.97. The Morgan fingerprint density at radius 3 is 2.22 bits per heavy atom. The zero-order valence-corrected chi connectivity index (χ0v) is 21.4. The number of carbonyl (C=O) groups is 1. The number of aliphatic hydroxyl groups is 1. The molecular formula is C29H26ClNO5S. The molecule has 0 heterocycles. The van der Waals surface area contributed by atoms with Crippen LogP contribution in [0, 0.1) is 0 Å². The van der Waals surface area contributed by atoms with Gasteiger partial charge in [-0.25, -0.2) is 13.2 Å². The smallest absolute Gasteiger partial charge is 0.335 e. The Hall–Kier alpha value is -3.49. The minimum absolute atomic E-state index is 0.164. The van der Waals surface area contributed by atoms with Gasteiger partial charge >= 0.3 is 5.97 Å². The van der Waals surface area contributed by atoms with Crippen LogP contribution in [0.15, 0.2) is 107 Å². The average molecular weight is 536 g/mol. The molecule has 0 unspecified atom stereocenters. The van der Waals surface area contributed by atoms with E-state index in [1.165, 1.54) is 12.1 Å². The second-order valence-electron chi connectivity index (χ2n) is 8.58. The van der Waals surface area contributed by atoms with Crippen LogP contribution in [0.25, 0.3) is 11.1 Å². The number of carboxylic acid groups (broad SMARTS) is 1. The fourth-order valence-corrected chi connectivity index (χ4v) is 5.43. The van der Waals surface area contributed by atoms with Crippen molar-refractivity contribution in [1.29, 1.82) is 0 Å². The Morgan fingerprint density at radius 2 is 1.54 bits per heavy atom. The van der Waals surface area contributed by atoms with Gasteiger partial charge < -0.3 is 15.5 Å². The molecule has 4 rings (SSSR count). The van der Waals surface area contributed by atoms with Gasteiger partial charge in [-0.1, -0.05) is 60.1 Å². The molecule has 0 saturated heterocycles. The first-order valence-electron chi connectivity index (χ1n) is 11.7. The number of hydrogen-bond acceptors (Lipinski definition) is 5. The van der Waals surface area contributed by atoms with Gasteiger partial charge in [0.1, 0.15) is 0 Å². The zero-order valence-electron chi connectivity index (χ0n) is 19.8. The molecule has 0 amide bonds. The van der Waals surface area contributed by atoms with E-state index < -0.39 is 21.9 Å². The molecule has 4 aromatic carbocycles. The van der Waals surface area contributed by atoms with Gasteiger partial charge in [0.05, 0.1) is 21.5 Å². The third-order valence-electron chi connectivity index (χ3n) is 6.00. The van der Waals surface area contributed by atoms with Crippen molar-refractivity contribution in [3.63, 3.8) is 0 Å². The third-order valence-corrected chi connectivity index (χ3v) is 8.01. The number of benzene rings is 4. The molecule has 0 radical (unpaired) electrons. The monoisotopic (exact) mass is 535 g/mol. The van der Waals surface area contributed by atoms with Gasteiger partial charge in [-0.2, -0.15) is 0 Å². The highest BCUT2D eigenvalue weighted by Crippen LogP contribution is 2.27. The van der Waals surface area contributed by atoms with Crippen LogP contribution >= 0.6 is 11.6 Å². The van der Waals surface area contributed by atoms with Crippen molar-refractivity contribution in [3.8, 4) is 11.1 Å². The second-order valence-corrected chi connectivity index (χ2v) is 11.0. The highest BCUT2D eigenvalue weighted by molar-refractivity contribution is 7.91. The van der Waals surface area contributed by atoms with Gasteiger partial charge in [-0.3, -0.25) is 0 Å². The van der Waals surface area contributed by atoms with Gasteiger partial charge in [-0.05, 0) is 83.8 Å². The maximum absolute atomic E-state index is 13.2. The molecule has 4 aromatic rings. The Bertz CT molecular complexity index is 1490. The maximum atomic E-state index is 13.2. The van der Waals surface area contributed by atoms with Crippen molar-refractivity contribution in [2.45, 2.75) is 22.3 Å². The summed E-state index contributed by atoms with van der Waals surface area (Å²) < 4.78 is 26.5. The van der Waals surface area contributed by atoms with Crippen molar-refractivity contribution in [1.82, 2.24) is 5.32 Å². The summed E-state index contributed by atoms with van der Waals surface area (Å²) in [6.45, 7) is 0.995. The lowest BCUT2D eigenvalue weighted by molar-refractivity contribution is 0.0697. The van der Waals surface area contributed by atoms with Crippen LogP contribution in [0.5, 0.6) is 0 Å². The van der Waals surface area contributed by atoms with Crippen molar-refractivity contribution < 1.29 is 23.4 Å². The molecule has 0 aliphatic rings. The number of nitrogens with one attached hydrogen (secondary N) is 1. The second kappa shape index (κ2) is 11.7. The van der Waals surface area contributed by atoms with Crippen LogP contribution < -0.4 is 5.32 Å². The maximum Gasteiger partial charge on any atom is 0.335 e.